The van der Waals surface area contributed by atoms with Crippen molar-refractivity contribution in [3.05, 3.63) is 120 Å². The van der Waals surface area contributed by atoms with E-state index in [1.54, 1.807) is 0 Å². The fourth-order valence-corrected chi connectivity index (χ4v) is 3.15. The summed E-state index contributed by atoms with van der Waals surface area (Å²) in [5.41, 5.74) is 5.78. The van der Waals surface area contributed by atoms with Crippen LogP contribution in [-0.2, 0) is 6.61 Å². The van der Waals surface area contributed by atoms with Crippen molar-refractivity contribution in [2.75, 3.05) is 4.90 Å². The van der Waals surface area contributed by atoms with Crippen LogP contribution in [0.4, 0.5) is 17.1 Å². The predicted octanol–water partition coefficient (Wildman–Crippen LogP) is 7.04. The van der Waals surface area contributed by atoms with Crippen molar-refractivity contribution in [3.63, 3.8) is 0 Å². The van der Waals surface area contributed by atoms with Crippen molar-refractivity contribution in [1.82, 2.24) is 0 Å². The molecule has 4 aromatic carbocycles. The number of nitrogens with zero attached hydrogens (tertiary/aromatic N) is 1. The van der Waals surface area contributed by atoms with E-state index in [0.29, 0.717) is 6.61 Å². The number of hydrogen-bond acceptors (Lipinski definition) is 2. The maximum Gasteiger partial charge on any atom is 0.119 e. The number of rotatable bonds is 6. The van der Waals surface area contributed by atoms with Gasteiger partial charge < -0.3 is 9.64 Å². The number of anilines is 3. The van der Waals surface area contributed by atoms with E-state index in [1.165, 1.54) is 5.56 Å². The quantitative estimate of drug-likeness (QED) is 0.363. The monoisotopic (exact) mass is 365 g/mol. The van der Waals surface area contributed by atoms with Crippen LogP contribution < -0.4 is 9.64 Å². The lowest BCUT2D eigenvalue weighted by atomic mass is 10.1. The zero-order chi connectivity index (χ0) is 19.2. The zero-order valence-corrected chi connectivity index (χ0v) is 16.0. The van der Waals surface area contributed by atoms with Gasteiger partial charge >= 0.3 is 0 Å². The minimum absolute atomic E-state index is 0.570. The molecule has 0 N–H and O–H groups in total. The summed E-state index contributed by atoms with van der Waals surface area (Å²) in [5.74, 6) is 0.865. The molecule has 0 unspecified atom stereocenters. The van der Waals surface area contributed by atoms with Crippen molar-refractivity contribution >= 4 is 17.1 Å². The van der Waals surface area contributed by atoms with Crippen molar-refractivity contribution in [3.8, 4) is 5.75 Å². The Bertz CT molecular complexity index is 994. The topological polar surface area (TPSA) is 12.5 Å². The molecule has 0 aliphatic heterocycles. The Balaban J connectivity index is 1.59. The second-order valence-electron chi connectivity index (χ2n) is 6.77. The van der Waals surface area contributed by atoms with Crippen LogP contribution >= 0.6 is 0 Å². The highest BCUT2D eigenvalue weighted by molar-refractivity contribution is 5.76. The predicted molar refractivity (Wildman–Crippen MR) is 117 cm³/mol. The Labute approximate surface area is 166 Å². The van der Waals surface area contributed by atoms with E-state index in [4.69, 9.17) is 4.74 Å². The van der Waals surface area contributed by atoms with Gasteiger partial charge in [-0.25, -0.2) is 0 Å². The first-order valence-corrected chi connectivity index (χ1v) is 9.48. The highest BCUT2D eigenvalue weighted by atomic mass is 16.5. The summed E-state index contributed by atoms with van der Waals surface area (Å²) in [6, 6.07) is 37.5. The average Bonchev–Trinajstić information content (AvgIpc) is 2.76. The minimum Gasteiger partial charge on any atom is -0.489 e. The van der Waals surface area contributed by atoms with Crippen LogP contribution in [-0.4, -0.2) is 0 Å². The molecule has 0 bridgehead atoms. The molecule has 0 aliphatic carbocycles. The molecule has 0 amide bonds. The molecule has 138 valence electrons. The second kappa shape index (κ2) is 8.45. The number of hydrogen-bond donors (Lipinski definition) is 0. The molecule has 0 aromatic heterocycles. The SMILES string of the molecule is Cc1ccc(N(c2ccccc2)c2ccc(OCc3ccccc3)cc2)cc1. The lowest BCUT2D eigenvalue weighted by Crippen LogP contribution is -2.09. The molecular weight excluding hydrogens is 342 g/mol. The van der Waals surface area contributed by atoms with Crippen LogP contribution in [0.15, 0.2) is 109 Å². The van der Waals surface area contributed by atoms with Gasteiger partial charge in [0.2, 0.25) is 0 Å². The maximum absolute atomic E-state index is 5.94. The van der Waals surface area contributed by atoms with Crippen LogP contribution in [0.1, 0.15) is 11.1 Å². The van der Waals surface area contributed by atoms with Gasteiger partial charge in [-0.05, 0) is 61.0 Å². The van der Waals surface area contributed by atoms with Gasteiger partial charge in [0.25, 0.3) is 0 Å². The van der Waals surface area contributed by atoms with Gasteiger partial charge in [0.15, 0.2) is 0 Å². The Morgan fingerprint density at radius 3 is 1.68 bits per heavy atom. The Morgan fingerprint density at radius 2 is 1.07 bits per heavy atom. The minimum atomic E-state index is 0.570. The molecule has 0 saturated heterocycles. The molecule has 2 nitrogen and oxygen atoms in total. The Kier molecular flexibility index (Phi) is 5.39. The average molecular weight is 365 g/mol. The summed E-state index contributed by atoms with van der Waals surface area (Å²) in [5, 5.41) is 0. The summed E-state index contributed by atoms with van der Waals surface area (Å²) in [6.45, 7) is 2.68. The lowest BCUT2D eigenvalue weighted by molar-refractivity contribution is 0.306. The normalized spacial score (nSPS) is 10.5. The van der Waals surface area contributed by atoms with Crippen LogP contribution in [0.2, 0.25) is 0 Å². The third-order valence-electron chi connectivity index (χ3n) is 4.65. The summed E-state index contributed by atoms with van der Waals surface area (Å²) in [6.07, 6.45) is 0. The van der Waals surface area contributed by atoms with Crippen LogP contribution in [0.25, 0.3) is 0 Å². The van der Waals surface area contributed by atoms with Crippen molar-refractivity contribution < 1.29 is 4.74 Å². The smallest absolute Gasteiger partial charge is 0.119 e. The van der Waals surface area contributed by atoms with E-state index in [-0.39, 0.29) is 0 Å². The third kappa shape index (κ3) is 4.24. The number of ether oxygens (including phenoxy) is 1. The molecule has 4 aromatic rings. The fourth-order valence-electron chi connectivity index (χ4n) is 3.15. The van der Waals surface area contributed by atoms with Gasteiger partial charge in [0.05, 0.1) is 0 Å². The van der Waals surface area contributed by atoms with Crippen molar-refractivity contribution in [2.45, 2.75) is 13.5 Å². The van der Waals surface area contributed by atoms with E-state index in [2.05, 4.69) is 84.6 Å². The first kappa shape index (κ1) is 17.9. The maximum atomic E-state index is 5.94. The first-order chi connectivity index (χ1) is 13.8. The molecule has 0 aliphatic rings. The van der Waals surface area contributed by atoms with E-state index in [0.717, 1.165) is 28.4 Å². The molecule has 2 heteroatoms. The van der Waals surface area contributed by atoms with Crippen LogP contribution in [0.3, 0.4) is 0 Å². The molecule has 0 atom stereocenters. The van der Waals surface area contributed by atoms with E-state index >= 15 is 0 Å². The van der Waals surface area contributed by atoms with Gasteiger partial charge in [-0.2, -0.15) is 0 Å². The molecule has 0 saturated carbocycles. The molecule has 0 heterocycles. The largest absolute Gasteiger partial charge is 0.489 e. The molecule has 0 spiro atoms. The summed E-state index contributed by atoms with van der Waals surface area (Å²) in [4.78, 5) is 2.25. The summed E-state index contributed by atoms with van der Waals surface area (Å²) < 4.78 is 5.94. The fraction of sp³-hybridized carbons (Fsp3) is 0.0769. The number of benzene rings is 4. The Hall–Kier alpha value is -3.52. The van der Waals surface area contributed by atoms with Crippen LogP contribution in [0.5, 0.6) is 5.75 Å². The van der Waals surface area contributed by atoms with Gasteiger partial charge in [0, 0.05) is 17.1 Å². The van der Waals surface area contributed by atoms with E-state index in [9.17, 15) is 0 Å². The van der Waals surface area contributed by atoms with Crippen molar-refractivity contribution in [1.29, 1.82) is 0 Å². The molecule has 28 heavy (non-hydrogen) atoms. The standard InChI is InChI=1S/C26H23NO/c1-21-12-14-24(15-13-21)27(23-10-6-3-7-11-23)25-16-18-26(19-17-25)28-20-22-8-4-2-5-9-22/h2-19H,20H2,1H3. The molecule has 0 radical (unpaired) electrons. The van der Waals surface area contributed by atoms with Gasteiger partial charge in [-0.3, -0.25) is 0 Å². The number of aryl methyl sites for hydroxylation is 1. The molecule has 0 fully saturated rings. The lowest BCUT2D eigenvalue weighted by Gasteiger charge is -2.25. The van der Waals surface area contributed by atoms with Gasteiger partial charge in [-0.1, -0.05) is 66.2 Å². The van der Waals surface area contributed by atoms with E-state index in [1.807, 2.05) is 36.4 Å². The highest BCUT2D eigenvalue weighted by Crippen LogP contribution is 2.35. The first-order valence-electron chi connectivity index (χ1n) is 9.48. The van der Waals surface area contributed by atoms with Gasteiger partial charge in [-0.15, -0.1) is 0 Å². The molecular formula is C26H23NO. The van der Waals surface area contributed by atoms with Crippen molar-refractivity contribution in [2.24, 2.45) is 0 Å². The zero-order valence-electron chi connectivity index (χ0n) is 16.0. The summed E-state index contributed by atoms with van der Waals surface area (Å²) >= 11 is 0. The molecule has 4 rings (SSSR count). The highest BCUT2D eigenvalue weighted by Gasteiger charge is 2.12. The van der Waals surface area contributed by atoms with Gasteiger partial charge in [0.1, 0.15) is 12.4 Å². The third-order valence-corrected chi connectivity index (χ3v) is 4.65. The van der Waals surface area contributed by atoms with E-state index < -0.39 is 0 Å². The van der Waals surface area contributed by atoms with Crippen LogP contribution in [0, 0.1) is 6.92 Å². The number of para-hydroxylation sites is 1. The second-order valence-corrected chi connectivity index (χ2v) is 6.77. The Morgan fingerprint density at radius 1 is 0.571 bits per heavy atom. The summed E-state index contributed by atoms with van der Waals surface area (Å²) in [7, 11) is 0.